The molecule has 8 nitrogen and oxygen atoms in total. The Bertz CT molecular complexity index is 421. The SMILES string of the molecule is NC(=O)C(N)Cc1ccc(O)cc1.O=P(O)(O)O. The van der Waals surface area contributed by atoms with Crippen molar-refractivity contribution in [1.82, 2.24) is 0 Å². The summed E-state index contributed by atoms with van der Waals surface area (Å²) >= 11 is 0. The van der Waals surface area contributed by atoms with E-state index in [1.165, 1.54) is 0 Å². The maximum absolute atomic E-state index is 10.6. The summed E-state index contributed by atoms with van der Waals surface area (Å²) in [6, 6.07) is 5.84. The third-order valence-electron chi connectivity index (χ3n) is 1.76. The Hall–Kier alpha value is -1.44. The number of phosphoric acid groups is 1. The summed E-state index contributed by atoms with van der Waals surface area (Å²) in [5.41, 5.74) is 11.3. The van der Waals surface area contributed by atoms with Crippen molar-refractivity contribution in [1.29, 1.82) is 0 Å². The van der Waals surface area contributed by atoms with Gasteiger partial charge in [0.1, 0.15) is 5.75 Å². The van der Waals surface area contributed by atoms with Gasteiger partial charge in [-0.2, -0.15) is 0 Å². The van der Waals surface area contributed by atoms with Crippen molar-refractivity contribution in [3.63, 3.8) is 0 Å². The predicted octanol–water partition coefficient (Wildman–Crippen LogP) is -1.18. The van der Waals surface area contributed by atoms with Gasteiger partial charge in [-0.3, -0.25) is 4.79 Å². The topological polar surface area (TPSA) is 167 Å². The molecule has 1 atom stereocenters. The van der Waals surface area contributed by atoms with Gasteiger partial charge in [-0.05, 0) is 24.1 Å². The summed E-state index contributed by atoms with van der Waals surface area (Å²) in [7, 11) is -4.64. The van der Waals surface area contributed by atoms with Crippen LogP contribution in [0.4, 0.5) is 0 Å². The summed E-state index contributed by atoms with van der Waals surface area (Å²) in [5, 5.41) is 8.98. The van der Waals surface area contributed by atoms with E-state index in [4.69, 9.17) is 35.8 Å². The number of carbonyl (C=O) groups excluding carboxylic acids is 1. The van der Waals surface area contributed by atoms with Gasteiger partial charge in [0.15, 0.2) is 0 Å². The highest BCUT2D eigenvalue weighted by molar-refractivity contribution is 7.45. The average Bonchev–Trinajstić information content (AvgIpc) is 2.18. The Balaban J connectivity index is 0.000000494. The summed E-state index contributed by atoms with van der Waals surface area (Å²) in [5.74, 6) is -0.329. The molecule has 0 bridgehead atoms. The second-order valence-electron chi connectivity index (χ2n) is 3.39. The maximum atomic E-state index is 10.6. The van der Waals surface area contributed by atoms with Crippen molar-refractivity contribution in [3.05, 3.63) is 29.8 Å². The van der Waals surface area contributed by atoms with Crippen LogP contribution in [0.25, 0.3) is 0 Å². The molecule has 0 aliphatic rings. The summed E-state index contributed by atoms with van der Waals surface area (Å²) in [6.45, 7) is 0. The number of rotatable bonds is 3. The molecule has 8 N–H and O–H groups in total. The van der Waals surface area contributed by atoms with E-state index in [1.807, 2.05) is 0 Å². The van der Waals surface area contributed by atoms with Gasteiger partial charge >= 0.3 is 7.82 Å². The Labute approximate surface area is 103 Å². The molecule has 1 aromatic carbocycles. The average molecular weight is 278 g/mol. The number of benzene rings is 1. The zero-order valence-electron chi connectivity index (χ0n) is 9.30. The Morgan fingerprint density at radius 1 is 1.22 bits per heavy atom. The van der Waals surface area contributed by atoms with Crippen LogP contribution < -0.4 is 11.5 Å². The molecule has 1 unspecified atom stereocenters. The predicted molar refractivity (Wildman–Crippen MR) is 63.2 cm³/mol. The third kappa shape index (κ3) is 9.76. The van der Waals surface area contributed by atoms with Crippen molar-refractivity contribution >= 4 is 13.7 Å². The first kappa shape index (κ1) is 16.6. The first-order valence-electron chi connectivity index (χ1n) is 4.70. The first-order valence-corrected chi connectivity index (χ1v) is 6.27. The van der Waals surface area contributed by atoms with Crippen LogP contribution >= 0.6 is 7.82 Å². The molecular formula is C9H15N2O6P. The molecule has 1 rings (SSSR count). The molecule has 18 heavy (non-hydrogen) atoms. The molecule has 0 spiro atoms. The lowest BCUT2D eigenvalue weighted by molar-refractivity contribution is -0.119. The van der Waals surface area contributed by atoms with E-state index in [0.29, 0.717) is 6.42 Å². The number of carbonyl (C=O) groups is 1. The van der Waals surface area contributed by atoms with Gasteiger partial charge in [-0.25, -0.2) is 4.57 Å². The van der Waals surface area contributed by atoms with Crippen LogP contribution in [0.15, 0.2) is 24.3 Å². The number of phenolic OH excluding ortho intramolecular Hbond substituents is 1. The molecule has 0 aliphatic heterocycles. The van der Waals surface area contributed by atoms with E-state index in [2.05, 4.69) is 0 Å². The molecule has 1 aromatic rings. The minimum absolute atomic E-state index is 0.191. The minimum Gasteiger partial charge on any atom is -0.508 e. The van der Waals surface area contributed by atoms with Crippen LogP contribution in [-0.2, 0) is 15.8 Å². The molecule has 9 heteroatoms. The van der Waals surface area contributed by atoms with E-state index < -0.39 is 19.8 Å². The van der Waals surface area contributed by atoms with Crippen molar-refractivity contribution in [2.75, 3.05) is 0 Å². The zero-order chi connectivity index (χ0) is 14.3. The highest BCUT2D eigenvalue weighted by Gasteiger charge is 2.09. The van der Waals surface area contributed by atoms with Gasteiger partial charge in [0.05, 0.1) is 6.04 Å². The van der Waals surface area contributed by atoms with Gasteiger partial charge < -0.3 is 31.3 Å². The second-order valence-corrected chi connectivity index (χ2v) is 4.42. The first-order chi connectivity index (χ1) is 8.09. The number of hydrogen-bond acceptors (Lipinski definition) is 4. The van der Waals surface area contributed by atoms with Gasteiger partial charge in [-0.15, -0.1) is 0 Å². The van der Waals surface area contributed by atoms with E-state index in [0.717, 1.165) is 5.56 Å². The molecule has 102 valence electrons. The van der Waals surface area contributed by atoms with Crippen LogP contribution in [0.3, 0.4) is 0 Å². The Kier molecular flexibility index (Phi) is 6.53. The second kappa shape index (κ2) is 7.10. The number of aromatic hydroxyl groups is 1. The van der Waals surface area contributed by atoms with Crippen molar-refractivity contribution in [2.45, 2.75) is 12.5 Å². The highest BCUT2D eigenvalue weighted by Crippen LogP contribution is 2.25. The fraction of sp³-hybridized carbons (Fsp3) is 0.222. The highest BCUT2D eigenvalue weighted by atomic mass is 31.2. The summed E-state index contributed by atoms with van der Waals surface area (Å²) < 4.78 is 8.88. The van der Waals surface area contributed by atoms with Crippen LogP contribution in [0.2, 0.25) is 0 Å². The van der Waals surface area contributed by atoms with Gasteiger partial charge in [0.2, 0.25) is 5.91 Å². The summed E-state index contributed by atoms with van der Waals surface area (Å²) in [6.07, 6.45) is 0.398. The Morgan fingerprint density at radius 3 is 1.94 bits per heavy atom. The van der Waals surface area contributed by atoms with Crippen LogP contribution in [0.5, 0.6) is 5.75 Å². The quantitative estimate of drug-likeness (QED) is 0.378. The van der Waals surface area contributed by atoms with Crippen LogP contribution in [0, 0.1) is 0 Å². The van der Waals surface area contributed by atoms with Gasteiger partial charge in [0, 0.05) is 0 Å². The third-order valence-corrected chi connectivity index (χ3v) is 1.76. The molecule has 0 saturated carbocycles. The molecule has 0 heterocycles. The minimum atomic E-state index is -4.64. The van der Waals surface area contributed by atoms with E-state index in [1.54, 1.807) is 24.3 Å². The molecule has 0 fully saturated rings. The van der Waals surface area contributed by atoms with Gasteiger partial charge in [-0.1, -0.05) is 12.1 Å². The van der Waals surface area contributed by atoms with Crippen molar-refractivity contribution in [3.8, 4) is 5.75 Å². The largest absolute Gasteiger partial charge is 0.508 e. The lowest BCUT2D eigenvalue weighted by Crippen LogP contribution is -2.38. The molecule has 1 amide bonds. The molecule has 0 aliphatic carbocycles. The molecule has 0 radical (unpaired) electrons. The van der Waals surface area contributed by atoms with Crippen LogP contribution in [-0.4, -0.2) is 31.7 Å². The fourth-order valence-corrected chi connectivity index (χ4v) is 0.987. The monoisotopic (exact) mass is 278 g/mol. The maximum Gasteiger partial charge on any atom is 0.466 e. The standard InChI is InChI=1S/C9H12N2O2.H3O4P/c10-8(9(11)13)5-6-1-3-7(12)4-2-6;1-5(2,3)4/h1-4,8,12H,5,10H2,(H2,11,13);(H3,1,2,3,4). The van der Waals surface area contributed by atoms with Crippen molar-refractivity contribution < 1.29 is 29.1 Å². The molecule has 0 aromatic heterocycles. The van der Waals surface area contributed by atoms with Gasteiger partial charge in [0.25, 0.3) is 0 Å². The lowest BCUT2D eigenvalue weighted by atomic mass is 10.1. The fourth-order valence-electron chi connectivity index (χ4n) is 0.987. The van der Waals surface area contributed by atoms with Crippen molar-refractivity contribution in [2.24, 2.45) is 11.5 Å². The molecular weight excluding hydrogens is 263 g/mol. The van der Waals surface area contributed by atoms with E-state index in [-0.39, 0.29) is 5.75 Å². The number of hydrogen-bond donors (Lipinski definition) is 6. The summed E-state index contributed by atoms with van der Waals surface area (Å²) in [4.78, 5) is 32.2. The smallest absolute Gasteiger partial charge is 0.466 e. The number of phenols is 1. The number of nitrogens with two attached hydrogens (primary N) is 2. The normalized spacial score (nSPS) is 12.2. The molecule has 0 saturated heterocycles. The zero-order valence-corrected chi connectivity index (χ0v) is 10.2. The van der Waals surface area contributed by atoms with Crippen LogP contribution in [0.1, 0.15) is 5.56 Å². The number of primary amides is 1. The van der Waals surface area contributed by atoms with E-state index in [9.17, 15) is 4.79 Å². The Morgan fingerprint density at radius 2 is 1.61 bits per heavy atom. The number of amides is 1. The lowest BCUT2D eigenvalue weighted by Gasteiger charge is -2.06. The van der Waals surface area contributed by atoms with E-state index >= 15 is 0 Å².